The topological polar surface area (TPSA) is 54.8 Å². The van der Waals surface area contributed by atoms with Crippen LogP contribution >= 0.6 is 11.3 Å². The summed E-state index contributed by atoms with van der Waals surface area (Å²) in [4.78, 5) is 10.3. The first kappa shape index (κ1) is 12.9. The van der Waals surface area contributed by atoms with Crippen LogP contribution in [0.1, 0.15) is 31.5 Å². The molecule has 0 radical (unpaired) electrons. The van der Waals surface area contributed by atoms with Crippen LogP contribution in [0.3, 0.4) is 0 Å². The number of hydrogen-bond acceptors (Lipinski definition) is 6. The number of aromatic nitrogens is 4. The minimum atomic E-state index is 0.0449. The molecule has 0 N–H and O–H groups in total. The fourth-order valence-corrected chi connectivity index (χ4v) is 2.26. The molecule has 96 valence electrons. The van der Waals surface area contributed by atoms with Gasteiger partial charge < -0.3 is 4.90 Å². The third kappa shape index (κ3) is 3.01. The molecule has 0 saturated carbocycles. The van der Waals surface area contributed by atoms with Crippen molar-refractivity contribution in [1.82, 2.24) is 20.2 Å². The number of rotatable bonds is 3. The first-order valence-electron chi connectivity index (χ1n) is 5.77. The lowest BCUT2D eigenvalue weighted by atomic mass is 9.98. The van der Waals surface area contributed by atoms with Crippen LogP contribution in [0.5, 0.6) is 0 Å². The molecule has 0 unspecified atom stereocenters. The van der Waals surface area contributed by atoms with Crippen molar-refractivity contribution in [2.75, 3.05) is 11.9 Å². The van der Waals surface area contributed by atoms with Crippen LogP contribution in [0.4, 0.5) is 5.13 Å². The lowest BCUT2D eigenvalue weighted by molar-refractivity contribution is 0.578. The predicted octanol–water partition coefficient (Wildman–Crippen LogP) is 2.26. The van der Waals surface area contributed by atoms with E-state index in [1.165, 1.54) is 0 Å². The van der Waals surface area contributed by atoms with Crippen molar-refractivity contribution in [3.8, 4) is 0 Å². The van der Waals surface area contributed by atoms with E-state index in [-0.39, 0.29) is 5.41 Å². The summed E-state index contributed by atoms with van der Waals surface area (Å²) >= 11 is 1.62. The Morgan fingerprint density at radius 1 is 1.22 bits per heavy atom. The second kappa shape index (κ2) is 4.97. The van der Waals surface area contributed by atoms with Crippen molar-refractivity contribution in [3.63, 3.8) is 0 Å². The van der Waals surface area contributed by atoms with E-state index in [0.29, 0.717) is 6.54 Å². The van der Waals surface area contributed by atoms with Crippen molar-refractivity contribution in [2.45, 2.75) is 32.7 Å². The Bertz CT molecular complexity index is 503. The van der Waals surface area contributed by atoms with E-state index in [1.807, 2.05) is 11.9 Å². The standard InChI is InChI=1S/C12H17N5S/c1-12(2,3)10-15-16-11(18-10)17(4)8-9-7-13-5-6-14-9/h5-7H,8H2,1-4H3. The number of hydrogen-bond donors (Lipinski definition) is 0. The summed E-state index contributed by atoms with van der Waals surface area (Å²) in [5.41, 5.74) is 0.969. The lowest BCUT2D eigenvalue weighted by Crippen LogP contribution is -2.17. The van der Waals surface area contributed by atoms with Crippen LogP contribution in [0.15, 0.2) is 18.6 Å². The van der Waals surface area contributed by atoms with Crippen LogP contribution in [0.25, 0.3) is 0 Å². The van der Waals surface area contributed by atoms with E-state index in [9.17, 15) is 0 Å². The quantitative estimate of drug-likeness (QED) is 0.850. The first-order chi connectivity index (χ1) is 8.47. The highest BCUT2D eigenvalue weighted by molar-refractivity contribution is 7.15. The number of anilines is 1. The maximum atomic E-state index is 4.25. The van der Waals surface area contributed by atoms with E-state index in [1.54, 1.807) is 29.9 Å². The Morgan fingerprint density at radius 2 is 2.00 bits per heavy atom. The molecule has 0 aliphatic carbocycles. The summed E-state index contributed by atoms with van der Waals surface area (Å²) in [5, 5.41) is 10.4. The largest absolute Gasteiger partial charge is 0.344 e. The van der Waals surface area contributed by atoms with Gasteiger partial charge in [-0.15, -0.1) is 10.2 Å². The summed E-state index contributed by atoms with van der Waals surface area (Å²) in [6.45, 7) is 7.10. The van der Waals surface area contributed by atoms with Crippen molar-refractivity contribution in [2.24, 2.45) is 0 Å². The summed E-state index contributed by atoms with van der Waals surface area (Å²) in [6, 6.07) is 0. The van der Waals surface area contributed by atoms with Gasteiger partial charge in [-0.25, -0.2) is 0 Å². The van der Waals surface area contributed by atoms with E-state index in [2.05, 4.69) is 40.9 Å². The maximum Gasteiger partial charge on any atom is 0.208 e. The molecule has 0 fully saturated rings. The van der Waals surface area contributed by atoms with Crippen LogP contribution in [0.2, 0.25) is 0 Å². The van der Waals surface area contributed by atoms with Crippen LogP contribution in [0, 0.1) is 0 Å². The van der Waals surface area contributed by atoms with Crippen molar-refractivity contribution >= 4 is 16.5 Å². The van der Waals surface area contributed by atoms with Gasteiger partial charge in [0.2, 0.25) is 5.13 Å². The third-order valence-electron chi connectivity index (χ3n) is 2.40. The van der Waals surface area contributed by atoms with Crippen molar-refractivity contribution in [3.05, 3.63) is 29.3 Å². The van der Waals surface area contributed by atoms with Gasteiger partial charge in [0.25, 0.3) is 0 Å². The molecule has 6 heteroatoms. The normalized spacial score (nSPS) is 11.6. The monoisotopic (exact) mass is 263 g/mol. The van der Waals surface area contributed by atoms with Crippen LogP contribution < -0.4 is 4.90 Å². The molecule has 18 heavy (non-hydrogen) atoms. The zero-order chi connectivity index (χ0) is 13.2. The van der Waals surface area contributed by atoms with Gasteiger partial charge in [-0.05, 0) is 0 Å². The first-order valence-corrected chi connectivity index (χ1v) is 6.58. The Morgan fingerprint density at radius 3 is 2.56 bits per heavy atom. The maximum absolute atomic E-state index is 4.25. The average Bonchev–Trinajstić information content (AvgIpc) is 2.79. The molecular weight excluding hydrogens is 246 g/mol. The summed E-state index contributed by atoms with van der Waals surface area (Å²) in [6.07, 6.45) is 5.14. The molecule has 0 aliphatic rings. The highest BCUT2D eigenvalue weighted by Gasteiger charge is 2.20. The van der Waals surface area contributed by atoms with Gasteiger partial charge in [-0.3, -0.25) is 9.97 Å². The molecule has 0 atom stereocenters. The van der Waals surface area contributed by atoms with E-state index in [0.717, 1.165) is 15.8 Å². The smallest absolute Gasteiger partial charge is 0.208 e. The van der Waals surface area contributed by atoms with Gasteiger partial charge in [-0.1, -0.05) is 32.1 Å². The minimum Gasteiger partial charge on any atom is -0.344 e. The average molecular weight is 263 g/mol. The van der Waals surface area contributed by atoms with Gasteiger partial charge in [-0.2, -0.15) is 0 Å². The Balaban J connectivity index is 2.10. The molecule has 2 aromatic rings. The fourth-order valence-electron chi connectivity index (χ4n) is 1.40. The van der Waals surface area contributed by atoms with E-state index >= 15 is 0 Å². The SMILES string of the molecule is CN(Cc1cnccn1)c1nnc(C(C)(C)C)s1. The zero-order valence-electron chi connectivity index (χ0n) is 11.1. The van der Waals surface area contributed by atoms with Gasteiger partial charge >= 0.3 is 0 Å². The highest BCUT2D eigenvalue weighted by Crippen LogP contribution is 2.29. The minimum absolute atomic E-state index is 0.0449. The lowest BCUT2D eigenvalue weighted by Gasteiger charge is -2.15. The van der Waals surface area contributed by atoms with Crippen LogP contribution in [-0.2, 0) is 12.0 Å². The fraction of sp³-hybridized carbons (Fsp3) is 0.500. The van der Waals surface area contributed by atoms with E-state index < -0.39 is 0 Å². The molecule has 0 aromatic carbocycles. The molecule has 2 heterocycles. The summed E-state index contributed by atoms with van der Waals surface area (Å²) in [7, 11) is 1.99. The highest BCUT2D eigenvalue weighted by atomic mass is 32.1. The van der Waals surface area contributed by atoms with Gasteiger partial charge in [0.1, 0.15) is 5.01 Å². The molecule has 0 saturated heterocycles. The zero-order valence-corrected chi connectivity index (χ0v) is 11.9. The van der Waals surface area contributed by atoms with Gasteiger partial charge in [0.05, 0.1) is 18.4 Å². The second-order valence-electron chi connectivity index (χ2n) is 5.19. The third-order valence-corrected chi connectivity index (χ3v) is 3.86. The molecule has 5 nitrogen and oxygen atoms in total. The van der Waals surface area contributed by atoms with Crippen LogP contribution in [-0.4, -0.2) is 27.2 Å². The number of nitrogens with zero attached hydrogens (tertiary/aromatic N) is 5. The molecule has 0 amide bonds. The Labute approximate surface area is 111 Å². The van der Waals surface area contributed by atoms with Crippen molar-refractivity contribution < 1.29 is 0 Å². The summed E-state index contributed by atoms with van der Waals surface area (Å²) < 4.78 is 0. The Hall–Kier alpha value is -1.56. The van der Waals surface area contributed by atoms with Gasteiger partial charge in [0.15, 0.2) is 0 Å². The Kier molecular flexibility index (Phi) is 3.56. The summed E-state index contributed by atoms with van der Waals surface area (Å²) in [5.74, 6) is 0. The van der Waals surface area contributed by atoms with Crippen molar-refractivity contribution in [1.29, 1.82) is 0 Å². The molecule has 2 aromatic heterocycles. The molecule has 0 bridgehead atoms. The van der Waals surface area contributed by atoms with Gasteiger partial charge in [0, 0.05) is 24.9 Å². The second-order valence-corrected chi connectivity index (χ2v) is 6.15. The predicted molar refractivity (Wildman–Crippen MR) is 72.7 cm³/mol. The molecular formula is C12H17N5S. The van der Waals surface area contributed by atoms with E-state index in [4.69, 9.17) is 0 Å². The molecule has 0 spiro atoms. The molecule has 0 aliphatic heterocycles. The molecule has 2 rings (SSSR count).